The predicted molar refractivity (Wildman–Crippen MR) is 62.4 cm³/mol. The van der Waals surface area contributed by atoms with Crippen LogP contribution in [0.15, 0.2) is 0 Å². The Morgan fingerprint density at radius 2 is 1.43 bits per heavy atom. The van der Waals surface area contributed by atoms with E-state index in [1.54, 1.807) is 0 Å². The summed E-state index contributed by atoms with van der Waals surface area (Å²) < 4.78 is 45.3. The highest BCUT2D eigenvalue weighted by molar-refractivity contribution is 5.68. The number of rotatable bonds is 4. The zero-order chi connectivity index (χ0) is 16.2. The normalized spacial score (nSPS) is 28.9. The van der Waals surface area contributed by atoms with E-state index in [1.165, 1.54) is 0 Å². The van der Waals surface area contributed by atoms with E-state index in [1.807, 2.05) is 0 Å². The second-order valence-electron chi connectivity index (χ2n) is 4.43. The monoisotopic (exact) mass is 310 g/mol. The molecule has 1 heterocycles. The van der Waals surface area contributed by atoms with E-state index < -0.39 is 55.4 Å². The fourth-order valence-electron chi connectivity index (χ4n) is 1.98. The molecule has 120 valence electrons. The number of esters is 3. The molecule has 0 aromatic heterocycles. The van der Waals surface area contributed by atoms with E-state index in [4.69, 9.17) is 18.9 Å². The lowest BCUT2D eigenvalue weighted by molar-refractivity contribution is -0.242. The molecular formula is C12H16F2O7. The quantitative estimate of drug-likeness (QED) is 0.550. The minimum atomic E-state index is -2.97. The van der Waals surface area contributed by atoms with E-state index in [0.29, 0.717) is 0 Å². The Balaban J connectivity index is 3.03. The van der Waals surface area contributed by atoms with Gasteiger partial charge < -0.3 is 18.9 Å². The van der Waals surface area contributed by atoms with Crippen molar-refractivity contribution in [2.75, 3.05) is 6.61 Å². The molecule has 1 fully saturated rings. The van der Waals surface area contributed by atoms with E-state index in [-0.39, 0.29) is 0 Å². The lowest BCUT2D eigenvalue weighted by atomic mass is 9.99. The molecule has 1 aliphatic heterocycles. The number of alkyl halides is 2. The van der Waals surface area contributed by atoms with Crippen molar-refractivity contribution in [1.29, 1.82) is 0 Å². The number of carbonyl (C=O) groups is 3. The van der Waals surface area contributed by atoms with E-state index in [2.05, 4.69) is 0 Å². The maximum atomic E-state index is 13.0. The van der Waals surface area contributed by atoms with Crippen molar-refractivity contribution in [3.05, 3.63) is 0 Å². The SMILES string of the molecule is CC(=O)O[C@@H]1[C@H](OC(C)=O)[C@H](C(F)F)OC[C@H]1OC(C)=O. The van der Waals surface area contributed by atoms with Gasteiger partial charge in [0.25, 0.3) is 6.43 Å². The second kappa shape index (κ2) is 7.30. The zero-order valence-corrected chi connectivity index (χ0v) is 11.7. The van der Waals surface area contributed by atoms with Gasteiger partial charge in [-0.2, -0.15) is 0 Å². The van der Waals surface area contributed by atoms with Crippen LogP contribution in [0.2, 0.25) is 0 Å². The summed E-state index contributed by atoms with van der Waals surface area (Å²) in [5, 5.41) is 0. The molecule has 4 atom stereocenters. The molecule has 0 unspecified atom stereocenters. The van der Waals surface area contributed by atoms with Crippen LogP contribution in [-0.4, -0.2) is 55.4 Å². The summed E-state index contributed by atoms with van der Waals surface area (Å²) in [5.41, 5.74) is 0. The number of hydrogen-bond acceptors (Lipinski definition) is 7. The minimum Gasteiger partial charge on any atom is -0.456 e. The Kier molecular flexibility index (Phi) is 6.01. The third-order valence-corrected chi connectivity index (χ3v) is 2.64. The summed E-state index contributed by atoms with van der Waals surface area (Å²) in [6, 6.07) is 0. The number of halogens is 2. The largest absolute Gasteiger partial charge is 0.456 e. The first-order chi connectivity index (χ1) is 9.72. The summed E-state index contributed by atoms with van der Waals surface area (Å²) in [4.78, 5) is 33.2. The van der Waals surface area contributed by atoms with Crippen LogP contribution in [-0.2, 0) is 33.3 Å². The smallest absolute Gasteiger partial charge is 0.303 e. The first-order valence-electron chi connectivity index (χ1n) is 6.13. The summed E-state index contributed by atoms with van der Waals surface area (Å²) in [7, 11) is 0. The van der Waals surface area contributed by atoms with Crippen molar-refractivity contribution < 1.29 is 42.1 Å². The Labute approximate surface area is 119 Å². The molecule has 0 spiro atoms. The van der Waals surface area contributed by atoms with Gasteiger partial charge in [-0.3, -0.25) is 14.4 Å². The Morgan fingerprint density at radius 3 is 1.86 bits per heavy atom. The molecule has 0 aromatic carbocycles. The van der Waals surface area contributed by atoms with Gasteiger partial charge in [-0.1, -0.05) is 0 Å². The van der Waals surface area contributed by atoms with E-state index in [0.717, 1.165) is 20.8 Å². The molecule has 0 aliphatic carbocycles. The fraction of sp³-hybridized carbons (Fsp3) is 0.750. The highest BCUT2D eigenvalue weighted by Crippen LogP contribution is 2.27. The molecule has 9 heteroatoms. The van der Waals surface area contributed by atoms with Crippen molar-refractivity contribution in [2.24, 2.45) is 0 Å². The van der Waals surface area contributed by atoms with Crippen LogP contribution in [0.4, 0.5) is 8.78 Å². The van der Waals surface area contributed by atoms with E-state index >= 15 is 0 Å². The maximum absolute atomic E-state index is 13.0. The fourth-order valence-corrected chi connectivity index (χ4v) is 1.98. The van der Waals surface area contributed by atoms with Crippen molar-refractivity contribution in [2.45, 2.75) is 51.6 Å². The summed E-state index contributed by atoms with van der Waals surface area (Å²) >= 11 is 0. The van der Waals surface area contributed by atoms with Crippen LogP contribution in [0.25, 0.3) is 0 Å². The molecule has 1 rings (SSSR count). The van der Waals surface area contributed by atoms with Crippen LogP contribution in [0.3, 0.4) is 0 Å². The van der Waals surface area contributed by atoms with Crippen LogP contribution < -0.4 is 0 Å². The molecule has 7 nitrogen and oxygen atoms in total. The molecule has 1 saturated heterocycles. The Hall–Kier alpha value is -1.77. The van der Waals surface area contributed by atoms with Gasteiger partial charge in [0.15, 0.2) is 24.4 Å². The molecule has 1 aliphatic rings. The Bertz CT molecular complexity index is 412. The van der Waals surface area contributed by atoms with Crippen LogP contribution >= 0.6 is 0 Å². The predicted octanol–water partition coefficient (Wildman–Crippen LogP) is 0.445. The van der Waals surface area contributed by atoms with Crippen molar-refractivity contribution >= 4 is 17.9 Å². The standard InChI is InChI=1S/C12H16F2O7/c1-5(15)19-8-4-18-11(12(13)14)10(21-7(3)17)9(8)20-6(2)16/h8-12H,4H2,1-3H3/t8-,9+,10+,11-/m1/s1. The molecular weight excluding hydrogens is 294 g/mol. The van der Waals surface area contributed by atoms with Gasteiger partial charge in [0.1, 0.15) is 0 Å². The van der Waals surface area contributed by atoms with Gasteiger partial charge in [-0.15, -0.1) is 0 Å². The van der Waals surface area contributed by atoms with Gasteiger partial charge in [0.2, 0.25) is 0 Å². The van der Waals surface area contributed by atoms with Crippen LogP contribution in [0.5, 0.6) is 0 Å². The van der Waals surface area contributed by atoms with Crippen LogP contribution in [0, 0.1) is 0 Å². The summed E-state index contributed by atoms with van der Waals surface area (Å²) in [6.07, 6.45) is -8.80. The lowest BCUT2D eigenvalue weighted by Crippen LogP contribution is -2.59. The first kappa shape index (κ1) is 17.3. The molecule has 21 heavy (non-hydrogen) atoms. The molecule has 0 radical (unpaired) electrons. The zero-order valence-electron chi connectivity index (χ0n) is 11.7. The van der Waals surface area contributed by atoms with Gasteiger partial charge in [-0.05, 0) is 0 Å². The van der Waals surface area contributed by atoms with Gasteiger partial charge >= 0.3 is 17.9 Å². The summed E-state index contributed by atoms with van der Waals surface area (Å²) in [6.45, 7) is 2.78. The van der Waals surface area contributed by atoms with Gasteiger partial charge in [0.05, 0.1) is 6.61 Å². The van der Waals surface area contributed by atoms with E-state index in [9.17, 15) is 23.2 Å². The third-order valence-electron chi connectivity index (χ3n) is 2.64. The van der Waals surface area contributed by atoms with Gasteiger partial charge in [0, 0.05) is 20.8 Å². The molecule has 0 N–H and O–H groups in total. The Morgan fingerprint density at radius 1 is 0.952 bits per heavy atom. The van der Waals surface area contributed by atoms with Crippen molar-refractivity contribution in [3.63, 3.8) is 0 Å². The number of carbonyl (C=O) groups excluding carboxylic acids is 3. The highest BCUT2D eigenvalue weighted by Gasteiger charge is 2.50. The van der Waals surface area contributed by atoms with Crippen molar-refractivity contribution in [1.82, 2.24) is 0 Å². The average Bonchev–Trinajstić information content (AvgIpc) is 2.31. The highest BCUT2D eigenvalue weighted by atomic mass is 19.3. The maximum Gasteiger partial charge on any atom is 0.303 e. The molecule has 0 aromatic rings. The number of hydrogen-bond donors (Lipinski definition) is 0. The topological polar surface area (TPSA) is 88.1 Å². The van der Waals surface area contributed by atoms with Crippen molar-refractivity contribution in [3.8, 4) is 0 Å². The molecule has 0 bridgehead atoms. The van der Waals surface area contributed by atoms with Gasteiger partial charge in [-0.25, -0.2) is 8.78 Å². The number of ether oxygens (including phenoxy) is 4. The summed E-state index contributed by atoms with van der Waals surface area (Å²) in [5.74, 6) is -2.35. The lowest BCUT2D eigenvalue weighted by Gasteiger charge is -2.40. The second-order valence-corrected chi connectivity index (χ2v) is 4.43. The average molecular weight is 310 g/mol. The molecule has 0 saturated carbocycles. The minimum absolute atomic E-state index is 0.399. The molecule has 0 amide bonds. The third kappa shape index (κ3) is 4.92. The first-order valence-corrected chi connectivity index (χ1v) is 6.13. The van der Waals surface area contributed by atoms with Crippen LogP contribution in [0.1, 0.15) is 20.8 Å².